The van der Waals surface area contributed by atoms with E-state index in [0.29, 0.717) is 11.8 Å². The van der Waals surface area contributed by atoms with Crippen molar-refractivity contribution in [3.05, 3.63) is 29.8 Å². The van der Waals surface area contributed by atoms with Crippen LogP contribution in [-0.2, 0) is 22.0 Å². The number of rotatable bonds is 5. The molecule has 27 heavy (non-hydrogen) atoms. The Balaban J connectivity index is 0.000000596. The van der Waals surface area contributed by atoms with E-state index in [1.807, 2.05) is 24.3 Å². The number of hydrogen-bond donors (Lipinski definition) is 1. The summed E-state index contributed by atoms with van der Waals surface area (Å²) in [7, 11) is -0.611. The van der Waals surface area contributed by atoms with Gasteiger partial charge in [0.2, 0.25) is 5.91 Å². The molecule has 1 aliphatic heterocycles. The van der Waals surface area contributed by atoms with Gasteiger partial charge in [-0.05, 0) is 37.0 Å². The fourth-order valence-electron chi connectivity index (χ4n) is 3.27. The Labute approximate surface area is 168 Å². The first-order valence-corrected chi connectivity index (χ1v) is 12.1. The SMILES string of the molecule is CC1(COc2ccc(CC3SC(=O)NC3=O)cc2)CCCCC1.CS(C)=O. The molecule has 1 aromatic rings. The molecular formula is C20H29NO4S2. The van der Waals surface area contributed by atoms with Crippen molar-refractivity contribution in [3.63, 3.8) is 0 Å². The van der Waals surface area contributed by atoms with Gasteiger partial charge in [0.15, 0.2) is 0 Å². The molecule has 1 aliphatic carbocycles. The summed E-state index contributed by atoms with van der Waals surface area (Å²) in [5.41, 5.74) is 1.35. The molecule has 1 atom stereocenters. The minimum Gasteiger partial charge on any atom is -0.493 e. The minimum absolute atomic E-state index is 0.189. The van der Waals surface area contributed by atoms with E-state index in [2.05, 4.69) is 12.2 Å². The van der Waals surface area contributed by atoms with E-state index in [1.165, 1.54) is 32.1 Å². The number of imide groups is 1. The molecular weight excluding hydrogens is 382 g/mol. The summed E-state index contributed by atoms with van der Waals surface area (Å²) in [4.78, 5) is 22.8. The van der Waals surface area contributed by atoms with Crippen LogP contribution >= 0.6 is 11.8 Å². The molecule has 0 aromatic heterocycles. The number of carbonyl (C=O) groups is 2. The predicted molar refractivity (Wildman–Crippen MR) is 112 cm³/mol. The fourth-order valence-corrected chi connectivity index (χ4v) is 4.13. The molecule has 2 aliphatic rings. The molecule has 150 valence electrons. The number of carbonyl (C=O) groups excluding carboxylic acids is 2. The number of benzene rings is 1. The molecule has 1 N–H and O–H groups in total. The zero-order valence-electron chi connectivity index (χ0n) is 16.3. The van der Waals surface area contributed by atoms with Crippen molar-refractivity contribution in [2.75, 3.05) is 19.1 Å². The van der Waals surface area contributed by atoms with Gasteiger partial charge < -0.3 is 4.74 Å². The van der Waals surface area contributed by atoms with Gasteiger partial charge in [-0.1, -0.05) is 50.1 Å². The van der Waals surface area contributed by atoms with Crippen molar-refractivity contribution < 1.29 is 18.5 Å². The molecule has 1 unspecified atom stereocenters. The first-order valence-electron chi connectivity index (χ1n) is 9.26. The Morgan fingerprint density at radius 3 is 2.26 bits per heavy atom. The van der Waals surface area contributed by atoms with Crippen molar-refractivity contribution in [2.24, 2.45) is 5.41 Å². The lowest BCUT2D eigenvalue weighted by Gasteiger charge is -2.33. The summed E-state index contributed by atoms with van der Waals surface area (Å²) < 4.78 is 15.5. The van der Waals surface area contributed by atoms with Gasteiger partial charge in [0.05, 0.1) is 11.9 Å². The van der Waals surface area contributed by atoms with Crippen LogP contribution in [0.5, 0.6) is 5.75 Å². The van der Waals surface area contributed by atoms with Crippen molar-refractivity contribution in [3.8, 4) is 5.75 Å². The molecule has 0 bridgehead atoms. The lowest BCUT2D eigenvalue weighted by atomic mass is 9.76. The summed E-state index contributed by atoms with van der Waals surface area (Å²) in [5, 5.41) is 1.76. The number of ether oxygens (including phenoxy) is 1. The van der Waals surface area contributed by atoms with E-state index >= 15 is 0 Å². The second kappa shape index (κ2) is 10.3. The molecule has 5 nitrogen and oxygen atoms in total. The van der Waals surface area contributed by atoms with Crippen LogP contribution in [0.3, 0.4) is 0 Å². The summed E-state index contributed by atoms with van der Waals surface area (Å²) >= 11 is 1.07. The maximum atomic E-state index is 11.6. The van der Waals surface area contributed by atoms with E-state index in [9.17, 15) is 13.8 Å². The van der Waals surface area contributed by atoms with E-state index < -0.39 is 10.8 Å². The summed E-state index contributed by atoms with van der Waals surface area (Å²) in [6.45, 7) is 3.08. The zero-order valence-corrected chi connectivity index (χ0v) is 17.9. The Morgan fingerprint density at radius 2 is 1.74 bits per heavy atom. The molecule has 1 heterocycles. The predicted octanol–water partition coefficient (Wildman–Crippen LogP) is 3.92. The van der Waals surface area contributed by atoms with Crippen LogP contribution in [0.2, 0.25) is 0 Å². The fraction of sp³-hybridized carbons (Fsp3) is 0.600. The van der Waals surface area contributed by atoms with Crippen LogP contribution in [0.1, 0.15) is 44.6 Å². The average molecular weight is 412 g/mol. The van der Waals surface area contributed by atoms with Crippen LogP contribution in [-0.4, -0.2) is 39.7 Å². The highest BCUT2D eigenvalue weighted by molar-refractivity contribution is 8.15. The topological polar surface area (TPSA) is 72.5 Å². The first kappa shape index (κ1) is 22.0. The lowest BCUT2D eigenvalue weighted by Crippen LogP contribution is -2.27. The van der Waals surface area contributed by atoms with Crippen LogP contribution in [0.15, 0.2) is 24.3 Å². The summed E-state index contributed by atoms with van der Waals surface area (Å²) in [6.07, 6.45) is 10.3. The van der Waals surface area contributed by atoms with Gasteiger partial charge in [0, 0.05) is 28.7 Å². The highest BCUT2D eigenvalue weighted by Crippen LogP contribution is 2.36. The largest absolute Gasteiger partial charge is 0.493 e. The Morgan fingerprint density at radius 1 is 1.15 bits per heavy atom. The van der Waals surface area contributed by atoms with Gasteiger partial charge in [0.25, 0.3) is 5.24 Å². The third-order valence-electron chi connectivity index (χ3n) is 4.76. The van der Waals surface area contributed by atoms with Crippen LogP contribution in [0.4, 0.5) is 4.79 Å². The van der Waals surface area contributed by atoms with Crippen LogP contribution in [0, 0.1) is 5.41 Å². The Hall–Kier alpha value is -1.34. The normalized spacial score (nSPS) is 21.4. The number of amides is 2. The monoisotopic (exact) mass is 411 g/mol. The quantitative estimate of drug-likeness (QED) is 0.795. The third-order valence-corrected chi connectivity index (χ3v) is 5.74. The zero-order chi connectivity index (χ0) is 19.9. The number of nitrogens with one attached hydrogen (secondary N) is 1. The molecule has 2 fully saturated rings. The third kappa shape index (κ3) is 7.66. The van der Waals surface area contributed by atoms with Gasteiger partial charge >= 0.3 is 0 Å². The van der Waals surface area contributed by atoms with Gasteiger partial charge in [-0.25, -0.2) is 0 Å². The highest BCUT2D eigenvalue weighted by atomic mass is 32.2. The van der Waals surface area contributed by atoms with E-state index in [-0.39, 0.29) is 16.4 Å². The van der Waals surface area contributed by atoms with Gasteiger partial charge in [-0.2, -0.15) is 0 Å². The van der Waals surface area contributed by atoms with Gasteiger partial charge in [-0.15, -0.1) is 0 Å². The maximum Gasteiger partial charge on any atom is 0.286 e. The molecule has 3 rings (SSSR count). The molecule has 1 saturated carbocycles. The van der Waals surface area contributed by atoms with Crippen LogP contribution < -0.4 is 10.1 Å². The average Bonchev–Trinajstić information content (AvgIpc) is 2.92. The van der Waals surface area contributed by atoms with Crippen molar-refractivity contribution in [2.45, 2.75) is 50.7 Å². The molecule has 7 heteroatoms. The Kier molecular flexibility index (Phi) is 8.35. The van der Waals surface area contributed by atoms with Crippen LogP contribution in [0.25, 0.3) is 0 Å². The van der Waals surface area contributed by atoms with Crippen molar-refractivity contribution >= 4 is 33.7 Å². The van der Waals surface area contributed by atoms with E-state index in [0.717, 1.165) is 29.7 Å². The first-order chi connectivity index (χ1) is 12.8. The summed E-state index contributed by atoms with van der Waals surface area (Å²) in [5.74, 6) is 0.686. The lowest BCUT2D eigenvalue weighted by molar-refractivity contribution is -0.118. The molecule has 2 amide bonds. The van der Waals surface area contributed by atoms with E-state index in [4.69, 9.17) is 4.74 Å². The second-order valence-electron chi connectivity index (χ2n) is 7.63. The molecule has 1 aromatic carbocycles. The molecule has 0 radical (unpaired) electrons. The number of hydrogen-bond acceptors (Lipinski definition) is 5. The standard InChI is InChI=1S/C18H23NO3S.C2H6OS/c1-18(9-3-2-4-10-18)12-22-14-7-5-13(6-8-14)11-15-16(20)19-17(21)23-15;1-4(2)3/h5-8,15H,2-4,9-12H2,1H3,(H,19,20,21);1-2H3. The van der Waals surface area contributed by atoms with Gasteiger partial charge in [-0.3, -0.25) is 19.1 Å². The Bertz CT molecular complexity index is 665. The maximum absolute atomic E-state index is 11.6. The number of thioether (sulfide) groups is 1. The minimum atomic E-state index is -0.611. The smallest absolute Gasteiger partial charge is 0.286 e. The van der Waals surface area contributed by atoms with E-state index in [1.54, 1.807) is 12.5 Å². The van der Waals surface area contributed by atoms with Crippen molar-refractivity contribution in [1.82, 2.24) is 5.32 Å². The second-order valence-corrected chi connectivity index (χ2v) is 10.3. The van der Waals surface area contributed by atoms with Gasteiger partial charge in [0.1, 0.15) is 5.75 Å². The molecule has 1 saturated heterocycles. The highest BCUT2D eigenvalue weighted by Gasteiger charge is 2.31. The summed E-state index contributed by atoms with van der Waals surface area (Å²) in [6, 6.07) is 7.88. The van der Waals surface area contributed by atoms with Crippen molar-refractivity contribution in [1.29, 1.82) is 0 Å². The molecule has 0 spiro atoms.